The number of carbonyl (C=O) groups is 2. The highest BCUT2D eigenvalue weighted by atomic mass is 16.7. The zero-order valence-electron chi connectivity index (χ0n) is 30.8. The Morgan fingerprint density at radius 3 is 2.24 bits per heavy atom. The number of aliphatic hydroxyl groups is 3. The standard InChI is InChI=1S/C36H62N2O11/c1-21-19-25(17-18-39)34(49-36-33(43)31(38(7)8)32(42)24(4)47-36)35(44-9)27(40)20-29(41)45-22(2)13-11-10-12-14-28(21)48-30-16-15-26(37(5)6)23(3)46-30/h10-12,14,18,21-28,30-36,40,42-43H,13,15-17,19-20H2,1-9H3/t21-,22-,23-,24-,25+,26+,27-,28+,30+,31+,32-,33-,34+,35+,36+/m1/s1. The number of ether oxygens (including phenoxy) is 6. The van der Waals surface area contributed by atoms with E-state index in [1.54, 1.807) is 32.8 Å². The van der Waals surface area contributed by atoms with Gasteiger partial charge in [0.2, 0.25) is 0 Å². The monoisotopic (exact) mass is 698 g/mol. The third-order valence-corrected chi connectivity index (χ3v) is 10.1. The maximum absolute atomic E-state index is 12.9. The van der Waals surface area contributed by atoms with Gasteiger partial charge in [-0.15, -0.1) is 0 Å². The normalized spacial score (nSPS) is 41.9. The summed E-state index contributed by atoms with van der Waals surface area (Å²) in [4.78, 5) is 29.0. The summed E-state index contributed by atoms with van der Waals surface area (Å²) in [5.41, 5.74) is 0. The van der Waals surface area contributed by atoms with Crippen molar-refractivity contribution in [2.24, 2.45) is 11.8 Å². The van der Waals surface area contributed by atoms with E-state index in [1.807, 2.05) is 45.3 Å². The van der Waals surface area contributed by atoms with Crippen LogP contribution in [-0.2, 0) is 38.0 Å². The van der Waals surface area contributed by atoms with Crippen molar-refractivity contribution in [1.82, 2.24) is 9.80 Å². The van der Waals surface area contributed by atoms with E-state index in [9.17, 15) is 24.9 Å². The minimum atomic E-state index is -1.37. The molecule has 0 aromatic heterocycles. The lowest BCUT2D eigenvalue weighted by Crippen LogP contribution is -2.63. The molecule has 0 spiro atoms. The summed E-state index contributed by atoms with van der Waals surface area (Å²) in [6, 6.07) is -0.434. The van der Waals surface area contributed by atoms with Crippen LogP contribution in [0.4, 0.5) is 0 Å². The molecule has 3 N–H and O–H groups in total. The average Bonchev–Trinajstić information content (AvgIpc) is 3.01. The molecule has 0 aromatic carbocycles. The summed E-state index contributed by atoms with van der Waals surface area (Å²) >= 11 is 0. The van der Waals surface area contributed by atoms with Gasteiger partial charge in [-0.25, -0.2) is 0 Å². The second-order valence-corrected chi connectivity index (χ2v) is 14.4. The number of methoxy groups -OCH3 is 1. The molecule has 0 aromatic rings. The predicted octanol–water partition coefficient (Wildman–Crippen LogP) is 2.05. The Labute approximate surface area is 292 Å². The van der Waals surface area contributed by atoms with Crippen LogP contribution in [-0.4, -0.2) is 152 Å². The van der Waals surface area contributed by atoms with Crippen molar-refractivity contribution in [2.45, 2.75) is 146 Å². The van der Waals surface area contributed by atoms with Gasteiger partial charge in [0, 0.05) is 26.0 Å². The van der Waals surface area contributed by atoms with E-state index in [-0.39, 0.29) is 30.9 Å². The van der Waals surface area contributed by atoms with Crippen LogP contribution in [0.5, 0.6) is 0 Å². The molecule has 0 saturated carbocycles. The van der Waals surface area contributed by atoms with Crippen LogP contribution in [0, 0.1) is 11.8 Å². The van der Waals surface area contributed by atoms with Crippen LogP contribution in [0.2, 0.25) is 0 Å². The van der Waals surface area contributed by atoms with E-state index in [0.717, 1.165) is 19.1 Å². The van der Waals surface area contributed by atoms with Crippen molar-refractivity contribution in [3.05, 3.63) is 24.3 Å². The first kappa shape index (κ1) is 41.6. The molecule has 0 bridgehead atoms. The number of cyclic esters (lactones) is 1. The van der Waals surface area contributed by atoms with Gasteiger partial charge >= 0.3 is 5.97 Å². The maximum atomic E-state index is 12.9. The molecule has 282 valence electrons. The number of aldehydes is 1. The fourth-order valence-corrected chi connectivity index (χ4v) is 7.35. The van der Waals surface area contributed by atoms with Gasteiger partial charge in [-0.1, -0.05) is 31.2 Å². The third kappa shape index (κ3) is 11.6. The lowest BCUT2D eigenvalue weighted by molar-refractivity contribution is -0.309. The van der Waals surface area contributed by atoms with Crippen LogP contribution in [0.15, 0.2) is 24.3 Å². The molecule has 0 aliphatic carbocycles. The summed E-state index contributed by atoms with van der Waals surface area (Å²) in [6.45, 7) is 7.53. The third-order valence-electron chi connectivity index (χ3n) is 10.1. The Balaban J connectivity index is 2.00. The number of allylic oxidation sites excluding steroid dienone is 2. The molecule has 13 heteroatoms. The Kier molecular flexibility index (Phi) is 16.8. The molecule has 49 heavy (non-hydrogen) atoms. The SMILES string of the molecule is CO[C@@H]1[C@@H](O[C@@H]2O[C@H](C)[C@@H](O)[C@H](N(C)C)[C@H]2O)[C@@H](CC=O)C[C@@H](C)[C@@H](O[C@H]2CC[C@H](N(C)C)[C@@H](C)O2)C=CC=CC[C@@H](C)OC(=O)C[C@H]1O. The number of hydrogen-bond acceptors (Lipinski definition) is 13. The van der Waals surface area contributed by atoms with Crippen LogP contribution >= 0.6 is 0 Å². The molecule has 0 unspecified atom stereocenters. The fraction of sp³-hybridized carbons (Fsp3) is 0.833. The number of aliphatic hydroxyl groups excluding tert-OH is 3. The topological polar surface area (TPSA) is 157 Å². The number of carbonyl (C=O) groups excluding carboxylic acids is 2. The summed E-state index contributed by atoms with van der Waals surface area (Å²) < 4.78 is 36.8. The molecule has 2 fully saturated rings. The smallest absolute Gasteiger partial charge is 0.308 e. The van der Waals surface area contributed by atoms with Crippen LogP contribution in [0.1, 0.15) is 66.2 Å². The van der Waals surface area contributed by atoms with Crippen molar-refractivity contribution in [3.63, 3.8) is 0 Å². The lowest BCUT2D eigenvalue weighted by Gasteiger charge is -2.46. The van der Waals surface area contributed by atoms with Gasteiger partial charge < -0.3 is 58.3 Å². The van der Waals surface area contributed by atoms with Gasteiger partial charge in [0.1, 0.15) is 24.6 Å². The van der Waals surface area contributed by atoms with Gasteiger partial charge in [0.25, 0.3) is 0 Å². The molecule has 2 saturated heterocycles. The summed E-state index contributed by atoms with van der Waals surface area (Å²) in [6.07, 6.45) is 1.58. The van der Waals surface area contributed by atoms with E-state index < -0.39 is 79.3 Å². The van der Waals surface area contributed by atoms with Crippen molar-refractivity contribution >= 4 is 12.3 Å². The summed E-state index contributed by atoms with van der Waals surface area (Å²) in [7, 11) is 8.97. The van der Waals surface area contributed by atoms with Crippen molar-refractivity contribution in [3.8, 4) is 0 Å². The minimum absolute atomic E-state index is 0.0262. The van der Waals surface area contributed by atoms with Crippen LogP contribution < -0.4 is 0 Å². The Hall–Kier alpha value is -1.78. The minimum Gasteiger partial charge on any atom is -0.462 e. The second-order valence-electron chi connectivity index (χ2n) is 14.4. The quantitative estimate of drug-likeness (QED) is 0.238. The van der Waals surface area contributed by atoms with Gasteiger partial charge in [-0.2, -0.15) is 0 Å². The first-order valence-corrected chi connectivity index (χ1v) is 17.7. The molecule has 3 heterocycles. The highest BCUT2D eigenvalue weighted by molar-refractivity contribution is 5.70. The number of likely N-dealkylation sites (N-methyl/N-ethyl adjacent to an activating group) is 2. The Morgan fingerprint density at radius 1 is 0.918 bits per heavy atom. The fourth-order valence-electron chi connectivity index (χ4n) is 7.35. The molecule has 0 amide bonds. The van der Waals surface area contributed by atoms with E-state index in [1.165, 1.54) is 7.11 Å². The zero-order valence-corrected chi connectivity index (χ0v) is 30.8. The highest BCUT2D eigenvalue weighted by Crippen LogP contribution is 2.34. The molecular weight excluding hydrogens is 636 g/mol. The van der Waals surface area contributed by atoms with E-state index >= 15 is 0 Å². The lowest BCUT2D eigenvalue weighted by atomic mass is 9.82. The van der Waals surface area contributed by atoms with E-state index in [4.69, 9.17) is 28.4 Å². The highest BCUT2D eigenvalue weighted by Gasteiger charge is 2.48. The zero-order chi connectivity index (χ0) is 36.4. The summed E-state index contributed by atoms with van der Waals surface area (Å²) in [5, 5.41) is 33.6. The number of rotatable bonds is 9. The molecule has 0 radical (unpaired) electrons. The molecule has 3 rings (SSSR count). The van der Waals surface area contributed by atoms with E-state index in [0.29, 0.717) is 12.8 Å². The van der Waals surface area contributed by atoms with E-state index in [2.05, 4.69) is 11.8 Å². The first-order chi connectivity index (χ1) is 23.2. The number of hydrogen-bond donors (Lipinski definition) is 3. The molecule has 13 nitrogen and oxygen atoms in total. The molecule has 3 aliphatic rings. The average molecular weight is 699 g/mol. The molecular formula is C36H62N2O11. The van der Waals surface area contributed by atoms with Gasteiger partial charge in [0.05, 0.1) is 49.1 Å². The number of esters is 1. The maximum Gasteiger partial charge on any atom is 0.308 e. The molecule has 3 aliphatic heterocycles. The Bertz CT molecular complexity index is 1070. The predicted molar refractivity (Wildman–Crippen MR) is 182 cm³/mol. The van der Waals surface area contributed by atoms with Crippen molar-refractivity contribution in [1.29, 1.82) is 0 Å². The van der Waals surface area contributed by atoms with Crippen LogP contribution in [0.3, 0.4) is 0 Å². The van der Waals surface area contributed by atoms with Crippen molar-refractivity contribution < 1.29 is 53.3 Å². The molecule has 15 atom stereocenters. The largest absolute Gasteiger partial charge is 0.462 e. The second kappa shape index (κ2) is 19.7. The first-order valence-electron chi connectivity index (χ1n) is 17.7. The van der Waals surface area contributed by atoms with Gasteiger partial charge in [-0.05, 0) is 80.1 Å². The van der Waals surface area contributed by atoms with Crippen molar-refractivity contribution in [2.75, 3.05) is 35.3 Å². The Morgan fingerprint density at radius 2 is 1.63 bits per heavy atom. The van der Waals surface area contributed by atoms with Gasteiger partial charge in [-0.3, -0.25) is 4.79 Å². The van der Waals surface area contributed by atoms with Gasteiger partial charge in [0.15, 0.2) is 12.6 Å². The number of nitrogens with zero attached hydrogens (tertiary/aromatic N) is 2. The van der Waals surface area contributed by atoms with Crippen LogP contribution in [0.25, 0.3) is 0 Å². The summed E-state index contributed by atoms with van der Waals surface area (Å²) in [5.74, 6) is -1.35.